The molecule has 0 atom stereocenters. The Kier molecular flexibility index (Phi) is 4.45. The third-order valence-electron chi connectivity index (χ3n) is 1.91. The third kappa shape index (κ3) is 5.31. The summed E-state index contributed by atoms with van der Waals surface area (Å²) in [5.41, 5.74) is 6.13. The standard InChI is InChI=1S/C12H19N3O2/c1-12(2,3)15-11(16)17-10-8-9(4-6-13)5-7-14-10/h5,7-8H,4,6,13H2,1-3H3,(H,15,16). The van der Waals surface area contributed by atoms with Gasteiger partial charge in [0.25, 0.3) is 0 Å². The van der Waals surface area contributed by atoms with Crippen molar-refractivity contribution in [2.75, 3.05) is 6.54 Å². The van der Waals surface area contributed by atoms with Gasteiger partial charge in [0.15, 0.2) is 0 Å². The molecule has 0 aliphatic carbocycles. The zero-order valence-electron chi connectivity index (χ0n) is 10.5. The fourth-order valence-electron chi connectivity index (χ4n) is 1.26. The minimum atomic E-state index is -0.505. The van der Waals surface area contributed by atoms with Gasteiger partial charge in [0, 0.05) is 17.8 Å². The Hall–Kier alpha value is -1.62. The molecule has 0 spiro atoms. The normalized spacial score (nSPS) is 11.1. The van der Waals surface area contributed by atoms with E-state index in [0.717, 1.165) is 12.0 Å². The average Bonchev–Trinajstić information content (AvgIpc) is 2.15. The van der Waals surface area contributed by atoms with Gasteiger partial charge in [-0.15, -0.1) is 0 Å². The highest BCUT2D eigenvalue weighted by molar-refractivity contribution is 5.70. The molecular formula is C12H19N3O2. The molecule has 0 unspecified atom stereocenters. The topological polar surface area (TPSA) is 77.2 Å². The molecule has 17 heavy (non-hydrogen) atoms. The molecule has 1 amide bonds. The molecule has 0 saturated carbocycles. The monoisotopic (exact) mass is 237 g/mol. The predicted molar refractivity (Wildman–Crippen MR) is 65.9 cm³/mol. The Labute approximate surface area is 101 Å². The van der Waals surface area contributed by atoms with E-state index in [9.17, 15) is 4.79 Å². The van der Waals surface area contributed by atoms with Crippen LogP contribution in [0.1, 0.15) is 26.3 Å². The zero-order valence-corrected chi connectivity index (χ0v) is 10.5. The van der Waals surface area contributed by atoms with Crippen LogP contribution in [0, 0.1) is 0 Å². The van der Waals surface area contributed by atoms with E-state index in [4.69, 9.17) is 10.5 Å². The minimum absolute atomic E-state index is 0.290. The van der Waals surface area contributed by atoms with Gasteiger partial charge in [0.05, 0.1) is 0 Å². The highest BCUT2D eigenvalue weighted by Gasteiger charge is 2.15. The van der Waals surface area contributed by atoms with Gasteiger partial charge in [-0.2, -0.15) is 0 Å². The second kappa shape index (κ2) is 5.63. The molecule has 1 rings (SSSR count). The number of ether oxygens (including phenoxy) is 1. The molecule has 3 N–H and O–H groups in total. The first-order valence-electron chi connectivity index (χ1n) is 5.56. The molecular weight excluding hydrogens is 218 g/mol. The van der Waals surface area contributed by atoms with Crippen LogP contribution in [0.25, 0.3) is 0 Å². The minimum Gasteiger partial charge on any atom is -0.391 e. The Balaban J connectivity index is 2.62. The molecule has 0 fully saturated rings. The summed E-state index contributed by atoms with van der Waals surface area (Å²) in [5, 5.41) is 2.69. The lowest BCUT2D eigenvalue weighted by Gasteiger charge is -2.19. The van der Waals surface area contributed by atoms with Crippen molar-refractivity contribution < 1.29 is 9.53 Å². The number of carbonyl (C=O) groups is 1. The number of carbonyl (C=O) groups excluding carboxylic acids is 1. The van der Waals surface area contributed by atoms with Gasteiger partial charge < -0.3 is 15.8 Å². The first kappa shape index (κ1) is 13.4. The van der Waals surface area contributed by atoms with Gasteiger partial charge in [0.1, 0.15) is 0 Å². The first-order valence-corrected chi connectivity index (χ1v) is 5.56. The summed E-state index contributed by atoms with van der Waals surface area (Å²) in [6.07, 6.45) is 1.83. The van der Waals surface area contributed by atoms with E-state index in [1.807, 2.05) is 26.8 Å². The summed E-state index contributed by atoms with van der Waals surface area (Å²) in [4.78, 5) is 15.5. The van der Waals surface area contributed by atoms with Gasteiger partial charge in [-0.1, -0.05) is 0 Å². The number of aromatic nitrogens is 1. The van der Waals surface area contributed by atoms with Gasteiger partial charge in [-0.05, 0) is 45.4 Å². The number of nitrogens with one attached hydrogen (secondary N) is 1. The van der Waals surface area contributed by atoms with Crippen molar-refractivity contribution >= 4 is 6.09 Å². The zero-order chi connectivity index (χ0) is 12.9. The quantitative estimate of drug-likeness (QED) is 0.834. The van der Waals surface area contributed by atoms with E-state index >= 15 is 0 Å². The van der Waals surface area contributed by atoms with Crippen molar-refractivity contribution in [1.29, 1.82) is 0 Å². The van der Waals surface area contributed by atoms with Crippen LogP contribution in [0.2, 0.25) is 0 Å². The van der Waals surface area contributed by atoms with Gasteiger partial charge in [-0.3, -0.25) is 0 Å². The fourth-order valence-corrected chi connectivity index (χ4v) is 1.26. The molecule has 0 aliphatic heterocycles. The first-order chi connectivity index (χ1) is 7.90. The summed E-state index contributed by atoms with van der Waals surface area (Å²) in [6, 6.07) is 3.57. The number of amides is 1. The lowest BCUT2D eigenvalue weighted by molar-refractivity contribution is 0.189. The third-order valence-corrected chi connectivity index (χ3v) is 1.91. The molecule has 1 heterocycles. The van der Waals surface area contributed by atoms with Crippen molar-refractivity contribution in [2.45, 2.75) is 32.7 Å². The molecule has 0 aromatic carbocycles. The van der Waals surface area contributed by atoms with Gasteiger partial charge in [0.2, 0.25) is 5.88 Å². The van der Waals surface area contributed by atoms with Crippen molar-refractivity contribution in [3.8, 4) is 5.88 Å². The summed E-state index contributed by atoms with van der Waals surface area (Å²) in [6.45, 7) is 6.20. The highest BCUT2D eigenvalue weighted by Crippen LogP contribution is 2.10. The largest absolute Gasteiger partial charge is 0.414 e. The SMILES string of the molecule is CC(C)(C)NC(=O)Oc1cc(CCN)ccn1. The number of hydrogen-bond donors (Lipinski definition) is 2. The summed E-state index contributed by atoms with van der Waals surface area (Å²) in [5.74, 6) is 0.290. The predicted octanol–water partition coefficient (Wildman–Crippen LogP) is 1.47. The van der Waals surface area contributed by atoms with Crippen molar-refractivity contribution in [2.24, 2.45) is 5.73 Å². The number of nitrogens with zero attached hydrogens (tertiary/aromatic N) is 1. The van der Waals surface area contributed by atoms with Gasteiger partial charge in [-0.25, -0.2) is 9.78 Å². The van der Waals surface area contributed by atoms with E-state index in [0.29, 0.717) is 6.54 Å². The van der Waals surface area contributed by atoms with Gasteiger partial charge >= 0.3 is 6.09 Å². The van der Waals surface area contributed by atoms with Crippen molar-refractivity contribution in [3.05, 3.63) is 23.9 Å². The maximum atomic E-state index is 11.5. The lowest BCUT2D eigenvalue weighted by atomic mass is 10.1. The van der Waals surface area contributed by atoms with Crippen LogP contribution in [-0.4, -0.2) is 23.2 Å². The lowest BCUT2D eigenvalue weighted by Crippen LogP contribution is -2.42. The van der Waals surface area contributed by atoms with Crippen LogP contribution < -0.4 is 15.8 Å². The maximum absolute atomic E-state index is 11.5. The molecule has 0 bridgehead atoms. The number of hydrogen-bond acceptors (Lipinski definition) is 4. The molecule has 0 saturated heterocycles. The average molecular weight is 237 g/mol. The molecule has 1 aromatic heterocycles. The Bertz CT molecular complexity index is 386. The second-order valence-electron chi connectivity index (χ2n) is 4.81. The Morgan fingerprint density at radius 2 is 2.24 bits per heavy atom. The van der Waals surface area contributed by atoms with Crippen LogP contribution in [-0.2, 0) is 6.42 Å². The second-order valence-corrected chi connectivity index (χ2v) is 4.81. The van der Waals surface area contributed by atoms with Crippen LogP contribution in [0.5, 0.6) is 5.88 Å². The number of pyridine rings is 1. The van der Waals surface area contributed by atoms with E-state index in [-0.39, 0.29) is 11.4 Å². The molecule has 5 nitrogen and oxygen atoms in total. The fraction of sp³-hybridized carbons (Fsp3) is 0.500. The van der Waals surface area contributed by atoms with E-state index in [2.05, 4.69) is 10.3 Å². The summed E-state index contributed by atoms with van der Waals surface area (Å²) in [7, 11) is 0. The maximum Gasteiger partial charge on any atom is 0.414 e. The highest BCUT2D eigenvalue weighted by atomic mass is 16.6. The van der Waals surface area contributed by atoms with Crippen LogP contribution in [0.3, 0.4) is 0 Å². The van der Waals surface area contributed by atoms with Crippen LogP contribution in [0.15, 0.2) is 18.3 Å². The Morgan fingerprint density at radius 3 is 2.82 bits per heavy atom. The van der Waals surface area contributed by atoms with E-state index < -0.39 is 6.09 Å². The molecule has 94 valence electrons. The number of rotatable bonds is 3. The molecule has 1 aromatic rings. The number of nitrogens with two attached hydrogens (primary N) is 1. The van der Waals surface area contributed by atoms with Crippen LogP contribution in [0.4, 0.5) is 4.79 Å². The van der Waals surface area contributed by atoms with Crippen molar-refractivity contribution in [3.63, 3.8) is 0 Å². The smallest absolute Gasteiger partial charge is 0.391 e. The molecule has 0 radical (unpaired) electrons. The van der Waals surface area contributed by atoms with E-state index in [1.54, 1.807) is 12.3 Å². The summed E-state index contributed by atoms with van der Waals surface area (Å²) >= 11 is 0. The van der Waals surface area contributed by atoms with E-state index in [1.165, 1.54) is 0 Å². The molecule has 0 aliphatic rings. The van der Waals surface area contributed by atoms with Crippen molar-refractivity contribution in [1.82, 2.24) is 10.3 Å². The van der Waals surface area contributed by atoms with Crippen LogP contribution >= 0.6 is 0 Å². The Morgan fingerprint density at radius 1 is 1.53 bits per heavy atom. The molecule has 5 heteroatoms. The summed E-state index contributed by atoms with van der Waals surface area (Å²) < 4.78 is 5.08.